The summed E-state index contributed by atoms with van der Waals surface area (Å²) in [5, 5.41) is 4.98. The summed E-state index contributed by atoms with van der Waals surface area (Å²) in [6.45, 7) is 6.57. The van der Waals surface area contributed by atoms with E-state index in [1.165, 1.54) is 37.7 Å². The molecule has 0 bridgehead atoms. The van der Waals surface area contributed by atoms with Crippen LogP contribution in [-0.2, 0) is 0 Å². The predicted molar refractivity (Wildman–Crippen MR) is 93.5 cm³/mol. The second-order valence-electron chi connectivity index (χ2n) is 6.29. The molecule has 0 radical (unpaired) electrons. The number of nitrogens with one attached hydrogen (secondary N) is 1. The van der Waals surface area contributed by atoms with Crippen LogP contribution in [0.3, 0.4) is 0 Å². The highest BCUT2D eigenvalue weighted by Gasteiger charge is 2.32. The summed E-state index contributed by atoms with van der Waals surface area (Å²) in [4.78, 5) is 0. The van der Waals surface area contributed by atoms with Gasteiger partial charge in [-0.05, 0) is 55.3 Å². The van der Waals surface area contributed by atoms with Crippen molar-refractivity contribution in [2.45, 2.75) is 51.9 Å². The molecule has 1 nitrogen and oxygen atoms in total. The Morgan fingerprint density at radius 3 is 2.71 bits per heavy atom. The quantitative estimate of drug-likeness (QED) is 0.685. The molecule has 0 amide bonds. The van der Waals surface area contributed by atoms with E-state index in [2.05, 4.69) is 25.2 Å². The molecule has 118 valence electrons. The van der Waals surface area contributed by atoms with Gasteiger partial charge >= 0.3 is 0 Å². The lowest BCUT2D eigenvalue weighted by Crippen LogP contribution is -2.32. The number of hydrogen-bond acceptors (Lipinski definition) is 1. The average Bonchev–Trinajstić information content (AvgIpc) is 2.49. The summed E-state index contributed by atoms with van der Waals surface area (Å²) in [6.07, 6.45) is 6.52. The zero-order chi connectivity index (χ0) is 15.2. The van der Waals surface area contributed by atoms with Crippen LogP contribution in [0.1, 0.15) is 57.4 Å². The third-order valence-electron chi connectivity index (χ3n) is 4.84. The molecule has 1 aliphatic rings. The number of benzene rings is 1. The number of halogens is 2. The van der Waals surface area contributed by atoms with E-state index in [1.54, 1.807) is 0 Å². The average molecular weight is 328 g/mol. The summed E-state index contributed by atoms with van der Waals surface area (Å²) in [7, 11) is 0. The normalized spacial score (nSPS) is 26.0. The Bertz CT molecular complexity index is 447. The van der Waals surface area contributed by atoms with Crippen molar-refractivity contribution >= 4 is 23.2 Å². The van der Waals surface area contributed by atoms with Crippen LogP contribution in [0.25, 0.3) is 0 Å². The summed E-state index contributed by atoms with van der Waals surface area (Å²) in [6, 6.07) is 6.10. The Morgan fingerprint density at radius 1 is 1.19 bits per heavy atom. The lowest BCUT2D eigenvalue weighted by molar-refractivity contribution is 0.221. The van der Waals surface area contributed by atoms with Crippen molar-refractivity contribution in [2.75, 3.05) is 13.1 Å². The van der Waals surface area contributed by atoms with Crippen LogP contribution in [0.4, 0.5) is 0 Å². The minimum Gasteiger partial charge on any atom is -0.317 e. The first-order valence-electron chi connectivity index (χ1n) is 8.31. The third-order valence-corrected chi connectivity index (χ3v) is 5.67. The first-order valence-corrected chi connectivity index (χ1v) is 9.07. The van der Waals surface area contributed by atoms with Crippen molar-refractivity contribution in [1.82, 2.24) is 5.32 Å². The topological polar surface area (TPSA) is 12.0 Å². The van der Waals surface area contributed by atoms with Gasteiger partial charge in [-0.15, -0.1) is 0 Å². The van der Waals surface area contributed by atoms with Gasteiger partial charge in [0.1, 0.15) is 0 Å². The second kappa shape index (κ2) is 8.41. The minimum atomic E-state index is 0.542. The van der Waals surface area contributed by atoms with E-state index < -0.39 is 0 Å². The van der Waals surface area contributed by atoms with E-state index in [1.807, 2.05) is 12.1 Å². The van der Waals surface area contributed by atoms with Crippen molar-refractivity contribution < 1.29 is 0 Å². The lowest BCUT2D eigenvalue weighted by Gasteiger charge is -2.37. The lowest BCUT2D eigenvalue weighted by atomic mass is 9.70. The zero-order valence-corrected chi connectivity index (χ0v) is 14.7. The molecule has 0 heterocycles. The largest absolute Gasteiger partial charge is 0.317 e. The molecular weight excluding hydrogens is 301 g/mol. The molecule has 3 heteroatoms. The Morgan fingerprint density at radius 2 is 2.00 bits per heavy atom. The standard InChI is InChI=1S/C18H27Cl2N/c1-3-6-13-9-10-14(12-21-4-2)16(11-13)15-7-5-8-17(19)18(15)20/h5,7-8,13-14,16,21H,3-4,6,9-12H2,1-2H3. The zero-order valence-electron chi connectivity index (χ0n) is 13.2. The van der Waals surface area contributed by atoms with E-state index in [0.29, 0.717) is 16.9 Å². The van der Waals surface area contributed by atoms with Gasteiger partial charge in [0.2, 0.25) is 0 Å². The van der Waals surface area contributed by atoms with Crippen molar-refractivity contribution in [3.05, 3.63) is 33.8 Å². The molecule has 2 rings (SSSR count). The highest BCUT2D eigenvalue weighted by atomic mass is 35.5. The van der Waals surface area contributed by atoms with Gasteiger partial charge in [0, 0.05) is 0 Å². The Balaban J connectivity index is 2.21. The fraction of sp³-hybridized carbons (Fsp3) is 0.667. The first-order chi connectivity index (χ1) is 10.2. The summed E-state index contributed by atoms with van der Waals surface area (Å²) < 4.78 is 0. The van der Waals surface area contributed by atoms with Crippen LogP contribution in [-0.4, -0.2) is 13.1 Å². The molecule has 1 aliphatic carbocycles. The van der Waals surface area contributed by atoms with Gasteiger partial charge in [-0.25, -0.2) is 0 Å². The van der Waals surface area contributed by atoms with Crippen LogP contribution in [0.15, 0.2) is 18.2 Å². The van der Waals surface area contributed by atoms with Gasteiger partial charge in [0.05, 0.1) is 10.0 Å². The maximum absolute atomic E-state index is 6.50. The fourth-order valence-corrected chi connectivity index (χ4v) is 4.20. The predicted octanol–water partition coefficient (Wildman–Crippen LogP) is 5.90. The Labute approximate surface area is 139 Å². The molecule has 1 N–H and O–H groups in total. The van der Waals surface area contributed by atoms with Crippen molar-refractivity contribution in [2.24, 2.45) is 11.8 Å². The molecule has 21 heavy (non-hydrogen) atoms. The SMILES string of the molecule is CCCC1CCC(CNCC)C(c2cccc(Cl)c2Cl)C1. The number of hydrogen-bond donors (Lipinski definition) is 1. The Hall–Kier alpha value is -0.240. The smallest absolute Gasteiger partial charge is 0.0627 e. The molecule has 0 aliphatic heterocycles. The minimum absolute atomic E-state index is 0.542. The molecule has 0 spiro atoms. The summed E-state index contributed by atoms with van der Waals surface area (Å²) >= 11 is 12.7. The maximum atomic E-state index is 6.50. The van der Waals surface area contributed by atoms with Gasteiger partial charge < -0.3 is 5.32 Å². The van der Waals surface area contributed by atoms with Crippen molar-refractivity contribution in [3.8, 4) is 0 Å². The molecule has 1 saturated carbocycles. The molecule has 3 atom stereocenters. The van der Waals surface area contributed by atoms with E-state index in [4.69, 9.17) is 23.2 Å². The van der Waals surface area contributed by atoms with E-state index in [-0.39, 0.29) is 0 Å². The van der Waals surface area contributed by atoms with Crippen LogP contribution in [0, 0.1) is 11.8 Å². The fourth-order valence-electron chi connectivity index (χ4n) is 3.75. The van der Waals surface area contributed by atoms with Gasteiger partial charge in [-0.3, -0.25) is 0 Å². The summed E-state index contributed by atoms with van der Waals surface area (Å²) in [5.41, 5.74) is 1.26. The van der Waals surface area contributed by atoms with E-state index in [9.17, 15) is 0 Å². The molecular formula is C18H27Cl2N. The van der Waals surface area contributed by atoms with Crippen molar-refractivity contribution in [1.29, 1.82) is 0 Å². The van der Waals surface area contributed by atoms with E-state index in [0.717, 1.165) is 24.0 Å². The highest BCUT2D eigenvalue weighted by molar-refractivity contribution is 6.42. The molecule has 1 aromatic carbocycles. The molecule has 0 aromatic heterocycles. The molecule has 3 unspecified atom stereocenters. The van der Waals surface area contributed by atoms with Gasteiger partial charge in [-0.1, -0.05) is 68.4 Å². The van der Waals surface area contributed by atoms with Gasteiger partial charge in [-0.2, -0.15) is 0 Å². The van der Waals surface area contributed by atoms with Crippen molar-refractivity contribution in [3.63, 3.8) is 0 Å². The van der Waals surface area contributed by atoms with Crippen LogP contribution in [0.5, 0.6) is 0 Å². The number of rotatable bonds is 6. The molecule has 0 saturated heterocycles. The van der Waals surface area contributed by atoms with Gasteiger partial charge in [0.15, 0.2) is 0 Å². The van der Waals surface area contributed by atoms with Crippen LogP contribution >= 0.6 is 23.2 Å². The maximum Gasteiger partial charge on any atom is 0.0627 e. The third kappa shape index (κ3) is 4.37. The van der Waals surface area contributed by atoms with Crippen LogP contribution < -0.4 is 5.32 Å². The second-order valence-corrected chi connectivity index (χ2v) is 7.07. The highest BCUT2D eigenvalue weighted by Crippen LogP contribution is 2.45. The molecule has 1 aromatic rings. The summed E-state index contributed by atoms with van der Waals surface area (Å²) in [5.74, 6) is 2.06. The first kappa shape index (κ1) is 17.1. The monoisotopic (exact) mass is 327 g/mol. The van der Waals surface area contributed by atoms with Gasteiger partial charge in [0.25, 0.3) is 0 Å². The molecule has 1 fully saturated rings. The van der Waals surface area contributed by atoms with E-state index >= 15 is 0 Å². The van der Waals surface area contributed by atoms with Crippen LogP contribution in [0.2, 0.25) is 10.0 Å². The Kier molecular flexibility index (Phi) is 6.85.